The molecule has 0 rings (SSSR count). The van der Waals surface area contributed by atoms with Crippen LogP contribution in [0.3, 0.4) is 0 Å². The quantitative estimate of drug-likeness (QED) is 0.370. The molecule has 3 heteroatoms. The van der Waals surface area contributed by atoms with Gasteiger partial charge in [0.25, 0.3) is 0 Å². The van der Waals surface area contributed by atoms with Gasteiger partial charge in [-0.1, -0.05) is 32.3 Å². The van der Waals surface area contributed by atoms with Crippen LogP contribution in [-0.2, 0) is 9.53 Å². The molecule has 0 aromatic heterocycles. The highest BCUT2D eigenvalue weighted by Gasteiger charge is 2.26. The summed E-state index contributed by atoms with van der Waals surface area (Å²) in [6, 6.07) is 0. The highest BCUT2D eigenvalue weighted by atomic mass is 28.3. The third-order valence-corrected chi connectivity index (χ3v) is 3.42. The van der Waals surface area contributed by atoms with Gasteiger partial charge < -0.3 is 4.74 Å². The van der Waals surface area contributed by atoms with Crippen LogP contribution in [-0.4, -0.2) is 19.8 Å². The molecule has 0 bridgehead atoms. The van der Waals surface area contributed by atoms with Crippen molar-refractivity contribution in [2.24, 2.45) is 0 Å². The largest absolute Gasteiger partial charge is 0.462 e. The van der Waals surface area contributed by atoms with Crippen molar-refractivity contribution < 1.29 is 9.53 Å². The van der Waals surface area contributed by atoms with Gasteiger partial charge in [-0.3, -0.25) is 4.79 Å². The Kier molecular flexibility index (Phi) is 3.52. The van der Waals surface area contributed by atoms with E-state index in [1.807, 2.05) is 0 Å². The lowest BCUT2D eigenvalue weighted by Gasteiger charge is -2.24. The molecule has 0 spiro atoms. The van der Waals surface area contributed by atoms with Gasteiger partial charge in [-0.25, -0.2) is 0 Å². The molecule has 0 heterocycles. The minimum atomic E-state index is -1.41. The molecule has 1 atom stereocenters. The molecule has 0 aliphatic heterocycles. The predicted octanol–water partition coefficient (Wildman–Crippen LogP) is 1.98. The molecular formula is C8H16O2Si. The Hall–Kier alpha value is -0.573. The van der Waals surface area contributed by atoms with E-state index in [9.17, 15) is 4.79 Å². The number of ether oxygens (including phenoxy) is 1. The van der Waals surface area contributed by atoms with Crippen molar-refractivity contribution in [1.82, 2.24) is 0 Å². The van der Waals surface area contributed by atoms with Gasteiger partial charge in [0.2, 0.25) is 0 Å². The SMILES string of the molecule is C=C[C@H](OC(C)=O)[Si](C)(C)C. The van der Waals surface area contributed by atoms with Gasteiger partial charge in [0.05, 0.1) is 8.07 Å². The molecule has 0 fully saturated rings. The Bertz CT molecular complexity index is 158. The molecule has 0 aliphatic carbocycles. The van der Waals surface area contributed by atoms with Crippen LogP contribution in [0.2, 0.25) is 19.6 Å². The van der Waals surface area contributed by atoms with Crippen molar-refractivity contribution in [3.63, 3.8) is 0 Å². The van der Waals surface area contributed by atoms with Crippen LogP contribution in [0.1, 0.15) is 6.92 Å². The monoisotopic (exact) mass is 172 g/mol. The highest BCUT2D eigenvalue weighted by molar-refractivity contribution is 6.77. The van der Waals surface area contributed by atoms with E-state index in [1.54, 1.807) is 6.08 Å². The Morgan fingerprint density at radius 3 is 2.09 bits per heavy atom. The first kappa shape index (κ1) is 10.4. The topological polar surface area (TPSA) is 26.3 Å². The summed E-state index contributed by atoms with van der Waals surface area (Å²) in [6.07, 6.45) is 1.72. The molecule has 0 aromatic carbocycles. The molecule has 0 radical (unpaired) electrons. The summed E-state index contributed by atoms with van der Waals surface area (Å²) in [6.45, 7) is 11.5. The predicted molar refractivity (Wildman–Crippen MR) is 49.1 cm³/mol. The lowest BCUT2D eigenvalue weighted by molar-refractivity contribution is -0.141. The van der Waals surface area contributed by atoms with E-state index in [2.05, 4.69) is 26.2 Å². The van der Waals surface area contributed by atoms with Crippen LogP contribution in [0.25, 0.3) is 0 Å². The summed E-state index contributed by atoms with van der Waals surface area (Å²) in [7, 11) is -1.41. The van der Waals surface area contributed by atoms with Crippen LogP contribution in [0.15, 0.2) is 12.7 Å². The zero-order valence-electron chi connectivity index (χ0n) is 7.68. The first-order valence-corrected chi connectivity index (χ1v) is 7.25. The standard InChI is InChI=1S/C8H16O2Si/c1-6-8(10-7(2)9)11(3,4)5/h6,8H,1H2,2-5H3/t8-/m1/s1. The molecule has 0 saturated heterocycles. The van der Waals surface area contributed by atoms with Gasteiger partial charge in [-0.2, -0.15) is 0 Å². The van der Waals surface area contributed by atoms with E-state index < -0.39 is 8.07 Å². The van der Waals surface area contributed by atoms with Crippen molar-refractivity contribution >= 4 is 14.0 Å². The zero-order valence-corrected chi connectivity index (χ0v) is 8.68. The molecule has 0 aliphatic rings. The van der Waals surface area contributed by atoms with E-state index in [0.29, 0.717) is 0 Å². The van der Waals surface area contributed by atoms with Gasteiger partial charge in [0.15, 0.2) is 0 Å². The summed E-state index contributed by atoms with van der Waals surface area (Å²) in [5.74, 6) is -0.225. The van der Waals surface area contributed by atoms with Gasteiger partial charge >= 0.3 is 5.97 Å². The van der Waals surface area contributed by atoms with Crippen LogP contribution in [0, 0.1) is 0 Å². The first-order chi connectivity index (χ1) is 4.88. The van der Waals surface area contributed by atoms with Gasteiger partial charge in [-0.05, 0) is 0 Å². The molecule has 0 unspecified atom stereocenters. The molecule has 0 N–H and O–H groups in total. The Morgan fingerprint density at radius 1 is 1.55 bits per heavy atom. The molecule has 0 amide bonds. The van der Waals surface area contributed by atoms with Crippen LogP contribution < -0.4 is 0 Å². The maximum atomic E-state index is 10.6. The summed E-state index contributed by atoms with van der Waals surface area (Å²) >= 11 is 0. The summed E-state index contributed by atoms with van der Waals surface area (Å²) in [5, 5.41) is 0. The fourth-order valence-electron chi connectivity index (χ4n) is 0.757. The Morgan fingerprint density at radius 2 is 2.00 bits per heavy atom. The summed E-state index contributed by atoms with van der Waals surface area (Å²) in [5.41, 5.74) is -0.0556. The van der Waals surface area contributed by atoms with Gasteiger partial charge in [0, 0.05) is 6.92 Å². The molecule has 11 heavy (non-hydrogen) atoms. The lowest BCUT2D eigenvalue weighted by Crippen LogP contribution is -2.39. The maximum Gasteiger partial charge on any atom is 0.302 e. The minimum Gasteiger partial charge on any atom is -0.462 e. The van der Waals surface area contributed by atoms with Crippen LogP contribution in [0.4, 0.5) is 0 Å². The van der Waals surface area contributed by atoms with E-state index >= 15 is 0 Å². The molecule has 0 saturated carbocycles. The highest BCUT2D eigenvalue weighted by Crippen LogP contribution is 2.12. The van der Waals surface area contributed by atoms with E-state index in [0.717, 1.165) is 0 Å². The second-order valence-electron chi connectivity index (χ2n) is 3.63. The van der Waals surface area contributed by atoms with E-state index in [1.165, 1.54) is 6.92 Å². The fourth-order valence-corrected chi connectivity index (χ4v) is 1.98. The smallest absolute Gasteiger partial charge is 0.302 e. The van der Waals surface area contributed by atoms with E-state index in [4.69, 9.17) is 4.74 Å². The zero-order chi connectivity index (χ0) is 9.07. The number of carbonyl (C=O) groups is 1. The lowest BCUT2D eigenvalue weighted by atomic mass is 10.7. The van der Waals surface area contributed by atoms with Gasteiger partial charge in [-0.15, -0.1) is 0 Å². The number of carbonyl (C=O) groups excluding carboxylic acids is 1. The van der Waals surface area contributed by atoms with Crippen molar-refractivity contribution in [3.8, 4) is 0 Å². The molecule has 64 valence electrons. The average molecular weight is 172 g/mol. The van der Waals surface area contributed by atoms with Crippen molar-refractivity contribution in [2.45, 2.75) is 32.3 Å². The number of esters is 1. The van der Waals surface area contributed by atoms with Crippen LogP contribution in [0.5, 0.6) is 0 Å². The van der Waals surface area contributed by atoms with Crippen molar-refractivity contribution in [1.29, 1.82) is 0 Å². The molecule has 0 aromatic rings. The Labute approximate surface area is 69.3 Å². The van der Waals surface area contributed by atoms with E-state index in [-0.39, 0.29) is 11.7 Å². The second kappa shape index (κ2) is 3.71. The normalized spacial score (nSPS) is 13.8. The molecular weight excluding hydrogens is 156 g/mol. The van der Waals surface area contributed by atoms with Crippen molar-refractivity contribution in [2.75, 3.05) is 0 Å². The minimum absolute atomic E-state index is 0.0556. The van der Waals surface area contributed by atoms with Crippen LogP contribution >= 0.6 is 0 Å². The second-order valence-corrected chi connectivity index (χ2v) is 8.93. The maximum absolute atomic E-state index is 10.6. The summed E-state index contributed by atoms with van der Waals surface area (Å²) < 4.78 is 5.07. The Balaban J connectivity index is 4.18. The third-order valence-electron chi connectivity index (χ3n) is 1.36. The fraction of sp³-hybridized carbons (Fsp3) is 0.625. The number of rotatable bonds is 3. The average Bonchev–Trinajstić information content (AvgIpc) is 1.79. The third kappa shape index (κ3) is 3.98. The molecule has 2 nitrogen and oxygen atoms in total. The number of hydrogen-bond acceptors (Lipinski definition) is 2. The van der Waals surface area contributed by atoms with Gasteiger partial charge in [0.1, 0.15) is 5.73 Å². The summed E-state index contributed by atoms with van der Waals surface area (Å²) in [4.78, 5) is 10.6. The van der Waals surface area contributed by atoms with Crippen molar-refractivity contribution in [3.05, 3.63) is 12.7 Å². The first-order valence-electron chi connectivity index (χ1n) is 3.67. The number of hydrogen-bond donors (Lipinski definition) is 0.